The zero-order valence-electron chi connectivity index (χ0n) is 14.6. The standard InChI is InChI=1S/C21H22N2O/c1-15(13-21(2,3)4)16-9-11-17(12-10-16)20(24)23-19-8-6-5-7-18(19)14-22/h5-13H,1-4H3,(H,23,24)/b15-13+. The Hall–Kier alpha value is -2.86. The van der Waals surface area contributed by atoms with Gasteiger partial charge in [-0.15, -0.1) is 0 Å². The second-order valence-electron chi connectivity index (χ2n) is 6.88. The van der Waals surface area contributed by atoms with Crippen molar-refractivity contribution in [3.63, 3.8) is 0 Å². The molecular weight excluding hydrogens is 296 g/mol. The maximum absolute atomic E-state index is 12.4. The lowest BCUT2D eigenvalue weighted by Crippen LogP contribution is -2.12. The molecule has 0 saturated carbocycles. The van der Waals surface area contributed by atoms with Crippen LogP contribution in [0.3, 0.4) is 0 Å². The van der Waals surface area contributed by atoms with Crippen LogP contribution in [0.1, 0.15) is 49.2 Å². The first-order chi connectivity index (χ1) is 11.3. The summed E-state index contributed by atoms with van der Waals surface area (Å²) < 4.78 is 0. The molecule has 0 atom stereocenters. The summed E-state index contributed by atoms with van der Waals surface area (Å²) >= 11 is 0. The zero-order chi connectivity index (χ0) is 17.7. The van der Waals surface area contributed by atoms with Gasteiger partial charge in [-0.2, -0.15) is 5.26 Å². The Balaban J connectivity index is 2.18. The van der Waals surface area contributed by atoms with Gasteiger partial charge in [0.2, 0.25) is 0 Å². The summed E-state index contributed by atoms with van der Waals surface area (Å²) in [5, 5.41) is 11.9. The van der Waals surface area contributed by atoms with E-state index in [1.54, 1.807) is 36.4 Å². The van der Waals surface area contributed by atoms with E-state index < -0.39 is 0 Å². The second-order valence-corrected chi connectivity index (χ2v) is 6.88. The van der Waals surface area contributed by atoms with Gasteiger partial charge in [-0.3, -0.25) is 4.79 Å². The first-order valence-corrected chi connectivity index (χ1v) is 7.90. The van der Waals surface area contributed by atoms with Crippen molar-refractivity contribution in [2.45, 2.75) is 27.7 Å². The molecule has 0 aliphatic rings. The molecule has 3 heteroatoms. The molecule has 0 aromatic heterocycles. The van der Waals surface area contributed by atoms with Crippen molar-refractivity contribution in [3.8, 4) is 6.07 Å². The van der Waals surface area contributed by atoms with Gasteiger partial charge in [-0.1, -0.05) is 51.1 Å². The quantitative estimate of drug-likeness (QED) is 0.839. The predicted octanol–water partition coefficient (Wildman–Crippen LogP) is 5.26. The summed E-state index contributed by atoms with van der Waals surface area (Å²) in [6, 6.07) is 16.5. The molecule has 24 heavy (non-hydrogen) atoms. The number of nitrogens with one attached hydrogen (secondary N) is 1. The molecule has 0 bridgehead atoms. The van der Waals surface area contributed by atoms with E-state index >= 15 is 0 Å². The molecule has 0 unspecified atom stereocenters. The number of anilines is 1. The number of para-hydroxylation sites is 1. The predicted molar refractivity (Wildman–Crippen MR) is 98.7 cm³/mol. The molecular formula is C21H22N2O. The van der Waals surface area contributed by atoms with E-state index in [-0.39, 0.29) is 11.3 Å². The molecule has 1 N–H and O–H groups in total. The molecule has 2 rings (SSSR count). The molecule has 3 nitrogen and oxygen atoms in total. The lowest BCUT2D eigenvalue weighted by molar-refractivity contribution is 0.102. The fourth-order valence-corrected chi connectivity index (χ4v) is 2.50. The topological polar surface area (TPSA) is 52.9 Å². The highest BCUT2D eigenvalue weighted by molar-refractivity contribution is 6.05. The third kappa shape index (κ3) is 4.57. The number of carbonyl (C=O) groups is 1. The van der Waals surface area contributed by atoms with E-state index in [1.807, 2.05) is 12.1 Å². The zero-order valence-corrected chi connectivity index (χ0v) is 14.6. The van der Waals surface area contributed by atoms with Crippen LogP contribution in [0.2, 0.25) is 0 Å². The van der Waals surface area contributed by atoms with Crippen molar-refractivity contribution in [2.75, 3.05) is 5.32 Å². The highest BCUT2D eigenvalue weighted by Gasteiger charge is 2.10. The number of carbonyl (C=O) groups excluding carboxylic acids is 1. The van der Waals surface area contributed by atoms with Crippen molar-refractivity contribution in [1.82, 2.24) is 0 Å². The number of amides is 1. The van der Waals surface area contributed by atoms with Crippen molar-refractivity contribution in [2.24, 2.45) is 5.41 Å². The molecule has 0 aliphatic carbocycles. The summed E-state index contributed by atoms with van der Waals surface area (Å²) in [5.41, 5.74) is 3.93. The van der Waals surface area contributed by atoms with Crippen LogP contribution in [0.4, 0.5) is 5.69 Å². The summed E-state index contributed by atoms with van der Waals surface area (Å²) in [4.78, 5) is 12.4. The van der Waals surface area contributed by atoms with E-state index in [9.17, 15) is 4.79 Å². The average molecular weight is 318 g/mol. The number of allylic oxidation sites excluding steroid dienone is 2. The highest BCUT2D eigenvalue weighted by Crippen LogP contribution is 2.24. The molecule has 122 valence electrons. The number of rotatable bonds is 3. The van der Waals surface area contributed by atoms with E-state index in [0.29, 0.717) is 16.8 Å². The van der Waals surface area contributed by atoms with E-state index in [4.69, 9.17) is 5.26 Å². The van der Waals surface area contributed by atoms with Crippen molar-refractivity contribution < 1.29 is 4.79 Å². The number of hydrogen-bond donors (Lipinski definition) is 1. The molecule has 1 amide bonds. The Labute approximate surface area is 143 Å². The molecule has 0 saturated heterocycles. The fourth-order valence-electron chi connectivity index (χ4n) is 2.50. The van der Waals surface area contributed by atoms with Crippen LogP contribution in [0, 0.1) is 16.7 Å². The fraction of sp³-hybridized carbons (Fsp3) is 0.238. The first-order valence-electron chi connectivity index (χ1n) is 7.90. The lowest BCUT2D eigenvalue weighted by Gasteiger charge is -2.14. The van der Waals surface area contributed by atoms with Crippen molar-refractivity contribution in [1.29, 1.82) is 5.26 Å². The monoisotopic (exact) mass is 318 g/mol. The number of benzene rings is 2. The maximum atomic E-state index is 12.4. The third-order valence-corrected chi connectivity index (χ3v) is 3.55. The summed E-state index contributed by atoms with van der Waals surface area (Å²) in [6.07, 6.45) is 2.21. The molecule has 0 radical (unpaired) electrons. The van der Waals surface area contributed by atoms with Crippen molar-refractivity contribution >= 4 is 17.2 Å². The summed E-state index contributed by atoms with van der Waals surface area (Å²) in [6.45, 7) is 8.55. The molecule has 0 fully saturated rings. The van der Waals surface area contributed by atoms with Crippen LogP contribution in [-0.2, 0) is 0 Å². The SMILES string of the molecule is C/C(=C\C(C)(C)C)c1ccc(C(=O)Nc2ccccc2C#N)cc1. The molecule has 0 heterocycles. The normalized spacial score (nSPS) is 11.7. The smallest absolute Gasteiger partial charge is 0.255 e. The Morgan fingerprint density at radius 3 is 2.21 bits per heavy atom. The highest BCUT2D eigenvalue weighted by atomic mass is 16.1. The van der Waals surface area contributed by atoms with Gasteiger partial charge in [0.05, 0.1) is 11.3 Å². The van der Waals surface area contributed by atoms with E-state index in [0.717, 1.165) is 5.56 Å². The molecule has 2 aromatic carbocycles. The van der Waals surface area contributed by atoms with Gasteiger partial charge in [0.15, 0.2) is 0 Å². The number of hydrogen-bond acceptors (Lipinski definition) is 2. The van der Waals surface area contributed by atoms with Gasteiger partial charge in [0.25, 0.3) is 5.91 Å². The van der Waals surface area contributed by atoms with Gasteiger partial charge in [-0.25, -0.2) is 0 Å². The number of nitrogens with zero attached hydrogens (tertiary/aromatic N) is 1. The van der Waals surface area contributed by atoms with E-state index in [1.165, 1.54) is 5.57 Å². The van der Waals surface area contributed by atoms with Crippen LogP contribution in [0.25, 0.3) is 5.57 Å². The Bertz CT molecular complexity index is 803. The molecule has 0 aliphatic heterocycles. The average Bonchev–Trinajstić information content (AvgIpc) is 2.54. The molecule has 2 aromatic rings. The number of nitriles is 1. The minimum atomic E-state index is -0.221. The van der Waals surface area contributed by atoms with Crippen LogP contribution in [-0.4, -0.2) is 5.91 Å². The van der Waals surface area contributed by atoms with Crippen LogP contribution in [0.15, 0.2) is 54.6 Å². The van der Waals surface area contributed by atoms with Gasteiger partial charge in [-0.05, 0) is 47.7 Å². The Kier molecular flexibility index (Phi) is 5.21. The third-order valence-electron chi connectivity index (χ3n) is 3.55. The second kappa shape index (κ2) is 7.14. The lowest BCUT2D eigenvalue weighted by atomic mass is 9.91. The van der Waals surface area contributed by atoms with Gasteiger partial charge in [0, 0.05) is 5.56 Å². The van der Waals surface area contributed by atoms with Crippen molar-refractivity contribution in [3.05, 3.63) is 71.3 Å². The largest absolute Gasteiger partial charge is 0.321 e. The first kappa shape index (κ1) is 17.5. The van der Waals surface area contributed by atoms with Crippen LogP contribution in [0.5, 0.6) is 0 Å². The van der Waals surface area contributed by atoms with Crippen LogP contribution >= 0.6 is 0 Å². The summed E-state index contributed by atoms with van der Waals surface area (Å²) in [5.74, 6) is -0.221. The summed E-state index contributed by atoms with van der Waals surface area (Å²) in [7, 11) is 0. The van der Waals surface area contributed by atoms with Gasteiger partial charge < -0.3 is 5.32 Å². The Morgan fingerprint density at radius 1 is 1.04 bits per heavy atom. The molecule has 0 spiro atoms. The van der Waals surface area contributed by atoms with Crippen LogP contribution < -0.4 is 5.32 Å². The van der Waals surface area contributed by atoms with Gasteiger partial charge in [0.1, 0.15) is 6.07 Å². The van der Waals surface area contributed by atoms with Gasteiger partial charge >= 0.3 is 0 Å². The Morgan fingerprint density at radius 2 is 1.62 bits per heavy atom. The minimum absolute atomic E-state index is 0.112. The minimum Gasteiger partial charge on any atom is -0.321 e. The van der Waals surface area contributed by atoms with E-state index in [2.05, 4.69) is 45.2 Å². The maximum Gasteiger partial charge on any atom is 0.255 e.